The van der Waals surface area contributed by atoms with Gasteiger partial charge in [-0.15, -0.1) is 0 Å². The second kappa shape index (κ2) is 13.8. The van der Waals surface area contributed by atoms with Crippen LogP contribution in [0.15, 0.2) is 71.8 Å². The van der Waals surface area contributed by atoms with Gasteiger partial charge in [-0.3, -0.25) is 14.7 Å². The summed E-state index contributed by atoms with van der Waals surface area (Å²) in [5.74, 6) is 0.374. The molecule has 1 amide bonds. The Bertz CT molecular complexity index is 1500. The minimum absolute atomic E-state index is 0.189. The van der Waals surface area contributed by atoms with Crippen LogP contribution in [0.1, 0.15) is 62.5 Å². The van der Waals surface area contributed by atoms with Crippen molar-refractivity contribution < 1.29 is 17.9 Å². The van der Waals surface area contributed by atoms with E-state index in [1.54, 1.807) is 27.5 Å². The lowest BCUT2D eigenvalue weighted by molar-refractivity contribution is 0.0984. The number of hydrogen-bond donors (Lipinski definition) is 0. The smallest absolute Gasteiger partial charge is 0.260 e. The maximum Gasteiger partial charge on any atom is 0.260 e. The SMILES string of the molecule is CCCCN(CCCC)S(=O)(=O)c1ccc(C(=O)N(Cc2ccccn2)c2nc3c(OCC)cccc3s2)cc1. The first-order valence-corrected chi connectivity index (χ1v) is 16.0. The lowest BCUT2D eigenvalue weighted by Crippen LogP contribution is -2.33. The van der Waals surface area contributed by atoms with E-state index in [0.29, 0.717) is 47.4 Å². The van der Waals surface area contributed by atoms with Crippen LogP contribution in [-0.4, -0.2) is 48.3 Å². The lowest BCUT2D eigenvalue weighted by atomic mass is 10.2. The van der Waals surface area contributed by atoms with Gasteiger partial charge in [0.2, 0.25) is 10.0 Å². The Hall–Kier alpha value is -3.34. The first-order chi connectivity index (χ1) is 19.4. The summed E-state index contributed by atoms with van der Waals surface area (Å²) in [6.45, 7) is 7.70. The molecule has 4 rings (SSSR count). The number of benzene rings is 2. The van der Waals surface area contributed by atoms with Crippen molar-refractivity contribution in [2.45, 2.75) is 57.9 Å². The van der Waals surface area contributed by atoms with Crippen LogP contribution in [0.5, 0.6) is 5.75 Å². The van der Waals surface area contributed by atoms with E-state index in [4.69, 9.17) is 9.72 Å². The van der Waals surface area contributed by atoms with Crippen molar-refractivity contribution in [1.29, 1.82) is 0 Å². The summed E-state index contributed by atoms with van der Waals surface area (Å²) in [5.41, 5.74) is 1.78. The van der Waals surface area contributed by atoms with Gasteiger partial charge < -0.3 is 4.74 Å². The number of nitrogens with zero attached hydrogens (tertiary/aromatic N) is 4. The largest absolute Gasteiger partial charge is 0.492 e. The molecular formula is C30H36N4O4S2. The average molecular weight is 581 g/mol. The van der Waals surface area contributed by atoms with E-state index in [9.17, 15) is 13.2 Å². The molecule has 0 bridgehead atoms. The summed E-state index contributed by atoms with van der Waals surface area (Å²) >= 11 is 1.40. The van der Waals surface area contributed by atoms with E-state index in [0.717, 1.165) is 30.4 Å². The van der Waals surface area contributed by atoms with Crippen molar-refractivity contribution in [3.05, 3.63) is 78.1 Å². The molecule has 2 aromatic carbocycles. The molecule has 2 aromatic heterocycles. The molecule has 8 nitrogen and oxygen atoms in total. The summed E-state index contributed by atoms with van der Waals surface area (Å²) in [4.78, 5) is 24.9. The molecule has 0 aliphatic heterocycles. The average Bonchev–Trinajstić information content (AvgIpc) is 3.41. The van der Waals surface area contributed by atoms with E-state index < -0.39 is 10.0 Å². The van der Waals surface area contributed by atoms with Crippen molar-refractivity contribution in [3.63, 3.8) is 0 Å². The highest BCUT2D eigenvalue weighted by atomic mass is 32.2. The molecule has 0 unspecified atom stereocenters. The molecule has 40 heavy (non-hydrogen) atoms. The first kappa shape index (κ1) is 29.6. The van der Waals surface area contributed by atoms with Crippen LogP contribution >= 0.6 is 11.3 Å². The fraction of sp³-hybridized carbons (Fsp3) is 0.367. The van der Waals surface area contributed by atoms with Gasteiger partial charge in [0.15, 0.2) is 5.13 Å². The number of unbranched alkanes of at least 4 members (excludes halogenated alkanes) is 2. The molecule has 212 valence electrons. The van der Waals surface area contributed by atoms with Crippen LogP contribution in [0.4, 0.5) is 5.13 Å². The van der Waals surface area contributed by atoms with Crippen LogP contribution in [0, 0.1) is 0 Å². The molecule has 0 radical (unpaired) electrons. The van der Waals surface area contributed by atoms with Crippen LogP contribution in [0.2, 0.25) is 0 Å². The summed E-state index contributed by atoms with van der Waals surface area (Å²) in [5, 5.41) is 0.514. The van der Waals surface area contributed by atoms with Gasteiger partial charge in [0.05, 0.1) is 28.4 Å². The second-order valence-corrected chi connectivity index (χ2v) is 12.3. The minimum atomic E-state index is -3.66. The molecule has 2 heterocycles. The predicted molar refractivity (Wildman–Crippen MR) is 161 cm³/mol. The molecule has 0 aliphatic rings. The molecule has 0 N–H and O–H groups in total. The number of thiazole rings is 1. The van der Waals surface area contributed by atoms with Gasteiger partial charge in [0.25, 0.3) is 5.91 Å². The molecule has 0 atom stereocenters. The number of carbonyl (C=O) groups excluding carboxylic acids is 1. The monoisotopic (exact) mass is 580 g/mol. The number of pyridine rings is 1. The zero-order chi connectivity index (χ0) is 28.5. The molecule has 0 saturated heterocycles. The highest BCUT2D eigenvalue weighted by Gasteiger charge is 2.26. The number of aromatic nitrogens is 2. The predicted octanol–water partition coefficient (Wildman–Crippen LogP) is 6.53. The van der Waals surface area contributed by atoms with Gasteiger partial charge in [-0.1, -0.05) is 50.2 Å². The zero-order valence-corrected chi connectivity index (χ0v) is 24.9. The van der Waals surface area contributed by atoms with E-state index in [1.165, 1.54) is 23.5 Å². The van der Waals surface area contributed by atoms with Crippen molar-refractivity contribution in [1.82, 2.24) is 14.3 Å². The maximum absolute atomic E-state index is 13.9. The highest BCUT2D eigenvalue weighted by Crippen LogP contribution is 2.35. The third kappa shape index (κ3) is 6.86. The molecule has 0 aliphatic carbocycles. The van der Waals surface area contributed by atoms with Crippen molar-refractivity contribution in [2.75, 3.05) is 24.6 Å². The lowest BCUT2D eigenvalue weighted by Gasteiger charge is -2.22. The van der Waals surface area contributed by atoms with Crippen LogP contribution in [-0.2, 0) is 16.6 Å². The fourth-order valence-corrected chi connectivity index (χ4v) is 6.77. The van der Waals surface area contributed by atoms with E-state index in [2.05, 4.69) is 4.98 Å². The van der Waals surface area contributed by atoms with Crippen LogP contribution < -0.4 is 9.64 Å². The summed E-state index contributed by atoms with van der Waals surface area (Å²) < 4.78 is 35.0. The highest BCUT2D eigenvalue weighted by molar-refractivity contribution is 7.89. The van der Waals surface area contributed by atoms with E-state index in [-0.39, 0.29) is 17.3 Å². The van der Waals surface area contributed by atoms with E-state index in [1.807, 2.05) is 57.2 Å². The van der Waals surface area contributed by atoms with Crippen LogP contribution in [0.3, 0.4) is 0 Å². The number of ether oxygens (including phenoxy) is 1. The Morgan fingerprint density at radius 2 is 1.65 bits per heavy atom. The Kier molecular flexibility index (Phi) is 10.2. The Morgan fingerprint density at radius 3 is 2.27 bits per heavy atom. The summed E-state index contributed by atoms with van der Waals surface area (Å²) in [6.07, 6.45) is 5.11. The van der Waals surface area contributed by atoms with Gasteiger partial charge in [-0.05, 0) is 68.3 Å². The van der Waals surface area contributed by atoms with Crippen molar-refractivity contribution in [3.8, 4) is 5.75 Å². The van der Waals surface area contributed by atoms with E-state index >= 15 is 0 Å². The Balaban J connectivity index is 1.67. The third-order valence-corrected chi connectivity index (χ3v) is 9.41. The number of sulfonamides is 1. The zero-order valence-electron chi connectivity index (χ0n) is 23.2. The number of fused-ring (bicyclic) bond motifs is 1. The van der Waals surface area contributed by atoms with Crippen LogP contribution in [0.25, 0.3) is 10.2 Å². The van der Waals surface area contributed by atoms with Gasteiger partial charge in [-0.2, -0.15) is 4.31 Å². The molecule has 0 spiro atoms. The van der Waals surface area contributed by atoms with Gasteiger partial charge >= 0.3 is 0 Å². The van der Waals surface area contributed by atoms with Gasteiger partial charge in [0, 0.05) is 24.8 Å². The number of hydrogen-bond acceptors (Lipinski definition) is 7. The number of para-hydroxylation sites is 1. The maximum atomic E-state index is 13.9. The minimum Gasteiger partial charge on any atom is -0.492 e. The first-order valence-electron chi connectivity index (χ1n) is 13.7. The molecule has 0 saturated carbocycles. The topological polar surface area (TPSA) is 92.7 Å². The Labute approximate surface area is 240 Å². The number of rotatable bonds is 14. The third-order valence-electron chi connectivity index (χ3n) is 6.45. The molecular weight excluding hydrogens is 544 g/mol. The molecule has 10 heteroatoms. The van der Waals surface area contributed by atoms with Gasteiger partial charge in [0.1, 0.15) is 11.3 Å². The number of carbonyl (C=O) groups is 1. The second-order valence-electron chi connectivity index (χ2n) is 9.38. The number of anilines is 1. The standard InChI is InChI=1S/C30H36N4O4S2/c1-4-7-20-33(21-8-5-2)40(36,37)25-17-15-23(16-18-25)29(35)34(22-24-12-9-10-19-31-24)30-32-28-26(38-6-3)13-11-14-27(28)39-30/h9-19H,4-8,20-22H2,1-3H3. The van der Waals surface area contributed by atoms with Crippen molar-refractivity contribution in [2.24, 2.45) is 0 Å². The van der Waals surface area contributed by atoms with Gasteiger partial charge in [-0.25, -0.2) is 13.4 Å². The van der Waals surface area contributed by atoms with Crippen molar-refractivity contribution >= 4 is 42.6 Å². The quantitative estimate of drug-likeness (QED) is 0.168. The fourth-order valence-electron chi connectivity index (χ4n) is 4.27. The normalized spacial score (nSPS) is 11.7. The summed E-state index contributed by atoms with van der Waals surface area (Å²) in [7, 11) is -3.66. The molecule has 0 fully saturated rings. The molecule has 4 aromatic rings. The Morgan fingerprint density at radius 1 is 0.925 bits per heavy atom. The summed E-state index contributed by atoms with van der Waals surface area (Å²) in [6, 6.07) is 17.5. The number of amides is 1.